The van der Waals surface area contributed by atoms with Gasteiger partial charge in [0.25, 0.3) is 0 Å². The molecule has 0 aromatic carbocycles. The quantitative estimate of drug-likeness (QED) is 0.437. The Labute approximate surface area is 80.5 Å². The predicted molar refractivity (Wildman–Crippen MR) is 34.8 cm³/mol. The van der Waals surface area contributed by atoms with E-state index in [-0.39, 0.29) is 36.0 Å². The van der Waals surface area contributed by atoms with Gasteiger partial charge in [-0.25, -0.2) is 0 Å². The van der Waals surface area contributed by atoms with Gasteiger partial charge >= 0.3 is 11.9 Å². The Balaban J connectivity index is 0. The number of rotatable bonds is 3. The van der Waals surface area contributed by atoms with E-state index in [1.165, 1.54) is 6.92 Å². The maximum Gasteiger partial charge on any atom is 0.317 e. The molecule has 5 heteroatoms. The summed E-state index contributed by atoms with van der Waals surface area (Å²) in [5.41, 5.74) is 0. The zero-order valence-electron chi connectivity index (χ0n) is 6.00. The summed E-state index contributed by atoms with van der Waals surface area (Å²) in [6, 6.07) is 0. The summed E-state index contributed by atoms with van der Waals surface area (Å²) in [7, 11) is 0. The fourth-order valence-corrected chi connectivity index (χ4v) is 0.455. The molecule has 0 aromatic heterocycles. The molecule has 0 saturated heterocycles. The smallest absolute Gasteiger partial charge is 0.317 e. The predicted octanol–water partition coefficient (Wildman–Crippen LogP) is -0.199. The SMILES string of the molecule is CCC(C(=O)O)C(=O)O.[Na]. The second-order valence-corrected chi connectivity index (χ2v) is 1.64. The zero-order valence-corrected chi connectivity index (χ0v) is 8.00. The van der Waals surface area contributed by atoms with Gasteiger partial charge in [-0.1, -0.05) is 6.92 Å². The van der Waals surface area contributed by atoms with Crippen LogP contribution in [0.4, 0.5) is 0 Å². The maximum atomic E-state index is 9.99. The van der Waals surface area contributed by atoms with Gasteiger partial charge in [-0.15, -0.1) is 0 Å². The topological polar surface area (TPSA) is 74.6 Å². The number of carbonyl (C=O) groups is 2. The van der Waals surface area contributed by atoms with E-state index >= 15 is 0 Å². The summed E-state index contributed by atoms with van der Waals surface area (Å²) >= 11 is 0. The largest absolute Gasteiger partial charge is 0.481 e. The van der Waals surface area contributed by atoms with Crippen LogP contribution < -0.4 is 0 Å². The molecule has 0 amide bonds. The monoisotopic (exact) mass is 155 g/mol. The van der Waals surface area contributed by atoms with Gasteiger partial charge in [0, 0.05) is 29.6 Å². The van der Waals surface area contributed by atoms with Gasteiger partial charge in [-0.05, 0) is 6.42 Å². The fraction of sp³-hybridized carbons (Fsp3) is 0.600. The second-order valence-electron chi connectivity index (χ2n) is 1.64. The van der Waals surface area contributed by atoms with Crippen LogP contribution in [0.2, 0.25) is 0 Å². The molecule has 10 heavy (non-hydrogen) atoms. The van der Waals surface area contributed by atoms with Crippen molar-refractivity contribution in [3.63, 3.8) is 0 Å². The molecule has 0 saturated carbocycles. The molecule has 1 radical (unpaired) electrons. The van der Waals surface area contributed by atoms with Crippen LogP contribution in [0, 0.1) is 5.92 Å². The summed E-state index contributed by atoms with van der Waals surface area (Å²) in [6.07, 6.45) is 0.130. The molecule has 0 bridgehead atoms. The van der Waals surface area contributed by atoms with Crippen molar-refractivity contribution in [2.75, 3.05) is 0 Å². The minimum atomic E-state index is -1.27. The van der Waals surface area contributed by atoms with Crippen LogP contribution in [0.25, 0.3) is 0 Å². The minimum absolute atomic E-state index is 0. The van der Waals surface area contributed by atoms with Crippen LogP contribution in [0.3, 0.4) is 0 Å². The van der Waals surface area contributed by atoms with E-state index in [4.69, 9.17) is 10.2 Å². The van der Waals surface area contributed by atoms with Crippen molar-refractivity contribution in [1.29, 1.82) is 0 Å². The summed E-state index contributed by atoms with van der Waals surface area (Å²) < 4.78 is 0. The first-order chi connectivity index (χ1) is 4.09. The summed E-state index contributed by atoms with van der Waals surface area (Å²) in [4.78, 5) is 20.0. The Kier molecular flexibility index (Phi) is 7.19. The Morgan fingerprint density at radius 3 is 1.60 bits per heavy atom. The molecule has 4 nitrogen and oxygen atoms in total. The number of carboxylic acids is 2. The van der Waals surface area contributed by atoms with Crippen molar-refractivity contribution in [2.45, 2.75) is 13.3 Å². The Morgan fingerprint density at radius 2 is 1.60 bits per heavy atom. The average Bonchev–Trinajstić information content (AvgIpc) is 1.64. The Morgan fingerprint density at radius 1 is 1.30 bits per heavy atom. The number of hydrogen-bond acceptors (Lipinski definition) is 2. The van der Waals surface area contributed by atoms with E-state index < -0.39 is 17.9 Å². The molecule has 0 rings (SSSR count). The summed E-state index contributed by atoms with van der Waals surface area (Å²) in [5, 5.41) is 16.3. The summed E-state index contributed by atoms with van der Waals surface area (Å²) in [5.74, 6) is -3.79. The molecule has 0 atom stereocenters. The van der Waals surface area contributed by atoms with Gasteiger partial charge in [-0.3, -0.25) is 9.59 Å². The molecule has 0 aliphatic heterocycles. The van der Waals surface area contributed by atoms with Crippen LogP contribution in [-0.4, -0.2) is 51.7 Å². The molecule has 0 unspecified atom stereocenters. The van der Waals surface area contributed by atoms with Crippen LogP contribution in [-0.2, 0) is 9.59 Å². The standard InChI is InChI=1S/C5H8O4.Na/c1-2-3(4(6)7)5(8)9;/h3H,2H2,1H3,(H,6,7)(H,8,9);. The molecule has 0 heterocycles. The third-order valence-corrected chi connectivity index (χ3v) is 1.00. The minimum Gasteiger partial charge on any atom is -0.481 e. The van der Waals surface area contributed by atoms with Gasteiger partial charge in [0.05, 0.1) is 0 Å². The second kappa shape index (κ2) is 5.70. The normalized spacial score (nSPS) is 8.60. The molecule has 0 aliphatic carbocycles. The van der Waals surface area contributed by atoms with Crippen molar-refractivity contribution in [2.24, 2.45) is 5.92 Å². The molecular formula is C5H8NaO4. The van der Waals surface area contributed by atoms with E-state index in [2.05, 4.69) is 0 Å². The molecule has 2 N–H and O–H groups in total. The van der Waals surface area contributed by atoms with Crippen molar-refractivity contribution in [1.82, 2.24) is 0 Å². The van der Waals surface area contributed by atoms with E-state index in [0.29, 0.717) is 0 Å². The van der Waals surface area contributed by atoms with Crippen molar-refractivity contribution in [3.8, 4) is 0 Å². The number of carboxylic acid groups (broad SMARTS) is 2. The van der Waals surface area contributed by atoms with Crippen molar-refractivity contribution < 1.29 is 19.8 Å². The molecular weight excluding hydrogens is 147 g/mol. The first-order valence-electron chi connectivity index (χ1n) is 2.55. The molecule has 0 fully saturated rings. The van der Waals surface area contributed by atoms with E-state index in [9.17, 15) is 9.59 Å². The van der Waals surface area contributed by atoms with Gasteiger partial charge in [0.15, 0.2) is 5.92 Å². The van der Waals surface area contributed by atoms with Crippen LogP contribution in [0.15, 0.2) is 0 Å². The van der Waals surface area contributed by atoms with Crippen LogP contribution in [0.5, 0.6) is 0 Å². The van der Waals surface area contributed by atoms with Crippen molar-refractivity contribution >= 4 is 41.5 Å². The first-order valence-corrected chi connectivity index (χ1v) is 2.55. The van der Waals surface area contributed by atoms with E-state index in [0.717, 1.165) is 0 Å². The van der Waals surface area contributed by atoms with E-state index in [1.807, 2.05) is 0 Å². The number of hydrogen-bond donors (Lipinski definition) is 2. The Hall–Kier alpha value is -0.0600. The third-order valence-electron chi connectivity index (χ3n) is 1.00. The first kappa shape index (κ1) is 12.6. The van der Waals surface area contributed by atoms with Gasteiger partial charge < -0.3 is 10.2 Å². The van der Waals surface area contributed by atoms with Gasteiger partial charge in [0.1, 0.15) is 0 Å². The molecule has 0 aliphatic rings. The van der Waals surface area contributed by atoms with Gasteiger partial charge in [-0.2, -0.15) is 0 Å². The van der Waals surface area contributed by atoms with Crippen LogP contribution in [0.1, 0.15) is 13.3 Å². The van der Waals surface area contributed by atoms with E-state index in [1.54, 1.807) is 0 Å². The molecule has 0 aromatic rings. The molecule has 53 valence electrons. The fourth-order valence-electron chi connectivity index (χ4n) is 0.455. The zero-order chi connectivity index (χ0) is 7.44. The summed E-state index contributed by atoms with van der Waals surface area (Å²) in [6.45, 7) is 1.52. The average molecular weight is 155 g/mol. The molecule has 0 spiro atoms. The van der Waals surface area contributed by atoms with Crippen LogP contribution >= 0.6 is 0 Å². The Bertz CT molecular complexity index is 120. The maximum absolute atomic E-state index is 9.99. The number of aliphatic carboxylic acids is 2. The van der Waals surface area contributed by atoms with Crippen molar-refractivity contribution in [3.05, 3.63) is 0 Å². The third kappa shape index (κ3) is 3.87. The van der Waals surface area contributed by atoms with Gasteiger partial charge in [0.2, 0.25) is 0 Å².